The molecule has 1 saturated heterocycles. The van der Waals surface area contributed by atoms with Crippen molar-refractivity contribution in [1.29, 1.82) is 0 Å². The second kappa shape index (κ2) is 9.99. The van der Waals surface area contributed by atoms with E-state index in [9.17, 15) is 9.59 Å². The number of nitrogens with one attached hydrogen (secondary N) is 2. The Bertz CT molecular complexity index is 1020. The summed E-state index contributed by atoms with van der Waals surface area (Å²) in [5, 5.41) is 5.99. The summed E-state index contributed by atoms with van der Waals surface area (Å²) in [5.41, 5.74) is 0.934. The first kappa shape index (κ1) is 22.6. The van der Waals surface area contributed by atoms with Gasteiger partial charge in [-0.1, -0.05) is 0 Å². The molecule has 2 aliphatic heterocycles. The minimum Gasteiger partial charge on any atom is -0.474 e. The second-order valence-electron chi connectivity index (χ2n) is 8.69. The van der Waals surface area contributed by atoms with Gasteiger partial charge in [-0.2, -0.15) is 0 Å². The lowest BCUT2D eigenvalue weighted by Gasteiger charge is -2.30. The predicted octanol–water partition coefficient (Wildman–Crippen LogP) is 3.25. The van der Waals surface area contributed by atoms with E-state index in [0.717, 1.165) is 53.9 Å². The van der Waals surface area contributed by atoms with Crippen LogP contribution in [0, 0.1) is 0 Å². The lowest BCUT2D eigenvalue weighted by atomic mass is 10.1. The van der Waals surface area contributed by atoms with Crippen molar-refractivity contribution >= 4 is 44.8 Å². The van der Waals surface area contributed by atoms with Gasteiger partial charge in [0.1, 0.15) is 18.3 Å². The van der Waals surface area contributed by atoms with E-state index in [4.69, 9.17) is 9.47 Å². The molecule has 2 aromatic rings. The highest BCUT2D eigenvalue weighted by Crippen LogP contribution is 2.33. The van der Waals surface area contributed by atoms with Crippen molar-refractivity contribution in [2.75, 3.05) is 24.7 Å². The maximum absolute atomic E-state index is 13.0. The first-order valence-corrected chi connectivity index (χ1v) is 13.0. The van der Waals surface area contributed by atoms with Crippen LogP contribution in [0.15, 0.2) is 28.9 Å². The Morgan fingerprint density at radius 3 is 2.94 bits per heavy atom. The average Bonchev–Trinajstić information content (AvgIpc) is 3.25. The van der Waals surface area contributed by atoms with Gasteiger partial charge in [0.25, 0.3) is 5.91 Å². The number of carbonyl (C=O) groups is 2. The highest BCUT2D eigenvalue weighted by Gasteiger charge is 2.32. The van der Waals surface area contributed by atoms with E-state index in [1.165, 1.54) is 11.3 Å². The van der Waals surface area contributed by atoms with Crippen molar-refractivity contribution < 1.29 is 19.1 Å². The summed E-state index contributed by atoms with van der Waals surface area (Å²) >= 11 is 4.92. The molecule has 1 saturated carbocycles. The molecule has 10 heteroatoms. The second-order valence-corrected chi connectivity index (χ2v) is 10.8. The summed E-state index contributed by atoms with van der Waals surface area (Å²) in [6, 6.07) is 5.47. The topological polar surface area (TPSA) is 92.8 Å². The molecule has 0 aromatic carbocycles. The van der Waals surface area contributed by atoms with E-state index in [1.807, 2.05) is 18.2 Å². The Morgan fingerprint density at radius 2 is 2.15 bits per heavy atom. The third-order valence-electron chi connectivity index (χ3n) is 6.04. The number of thiophene rings is 1. The fourth-order valence-corrected chi connectivity index (χ4v) is 5.39. The van der Waals surface area contributed by atoms with E-state index < -0.39 is 6.04 Å². The number of halogens is 1. The normalized spacial score (nSPS) is 20.6. The van der Waals surface area contributed by atoms with Gasteiger partial charge in [-0.05, 0) is 59.8 Å². The van der Waals surface area contributed by atoms with Gasteiger partial charge in [0.15, 0.2) is 0 Å². The van der Waals surface area contributed by atoms with Gasteiger partial charge in [0.2, 0.25) is 11.8 Å². The van der Waals surface area contributed by atoms with E-state index in [2.05, 4.69) is 36.4 Å². The van der Waals surface area contributed by atoms with Gasteiger partial charge >= 0.3 is 0 Å². The van der Waals surface area contributed by atoms with Gasteiger partial charge in [-0.15, -0.1) is 11.3 Å². The van der Waals surface area contributed by atoms with Crippen LogP contribution in [0.1, 0.15) is 46.7 Å². The Labute approximate surface area is 205 Å². The van der Waals surface area contributed by atoms with Crippen LogP contribution in [0.25, 0.3) is 0 Å². The molecule has 2 aromatic heterocycles. The number of amides is 2. The molecule has 4 heterocycles. The summed E-state index contributed by atoms with van der Waals surface area (Å²) in [6.07, 6.45) is 6.21. The quantitative estimate of drug-likeness (QED) is 0.540. The van der Waals surface area contributed by atoms with Gasteiger partial charge < -0.3 is 25.0 Å². The molecule has 2 amide bonds. The average molecular weight is 535 g/mol. The number of carbonyl (C=O) groups excluding carboxylic acids is 2. The largest absolute Gasteiger partial charge is 0.474 e. The van der Waals surface area contributed by atoms with E-state index in [0.29, 0.717) is 30.3 Å². The summed E-state index contributed by atoms with van der Waals surface area (Å²) in [5.74, 6) is 0.297. The maximum Gasteiger partial charge on any atom is 0.262 e. The van der Waals surface area contributed by atoms with Gasteiger partial charge in [-0.3, -0.25) is 9.59 Å². The molecule has 0 radical (unpaired) electrons. The van der Waals surface area contributed by atoms with Crippen molar-refractivity contribution in [2.24, 2.45) is 0 Å². The Hall–Kier alpha value is -2.17. The van der Waals surface area contributed by atoms with Crippen molar-refractivity contribution in [1.82, 2.24) is 15.6 Å². The smallest absolute Gasteiger partial charge is 0.262 e. The fourth-order valence-electron chi connectivity index (χ4n) is 4.15. The zero-order valence-corrected chi connectivity index (χ0v) is 20.6. The minimum absolute atomic E-state index is 0.0217. The lowest BCUT2D eigenvalue weighted by Crippen LogP contribution is -2.48. The fraction of sp³-hybridized carbons (Fsp3) is 0.522. The summed E-state index contributed by atoms with van der Waals surface area (Å²) < 4.78 is 12.3. The minimum atomic E-state index is -0.582. The number of aromatic nitrogens is 1. The predicted molar refractivity (Wildman–Crippen MR) is 129 cm³/mol. The summed E-state index contributed by atoms with van der Waals surface area (Å²) in [7, 11) is 0. The molecule has 3 aliphatic rings. The number of pyridine rings is 1. The van der Waals surface area contributed by atoms with Crippen LogP contribution in [0.4, 0.5) is 5.69 Å². The van der Waals surface area contributed by atoms with Crippen LogP contribution in [-0.2, 0) is 16.1 Å². The lowest BCUT2D eigenvalue weighted by molar-refractivity contribution is -0.124. The Balaban J connectivity index is 1.24. The molecule has 1 aliphatic carbocycles. The number of hydrogen-bond donors (Lipinski definition) is 2. The zero-order valence-electron chi connectivity index (χ0n) is 18.2. The van der Waals surface area contributed by atoms with Crippen LogP contribution >= 0.6 is 27.3 Å². The molecule has 33 heavy (non-hydrogen) atoms. The number of nitrogens with zero attached hydrogens (tertiary/aromatic N) is 2. The molecule has 8 nitrogen and oxygen atoms in total. The number of rotatable bonds is 8. The molecule has 2 atom stereocenters. The Morgan fingerprint density at radius 1 is 1.27 bits per heavy atom. The van der Waals surface area contributed by atoms with E-state index in [1.54, 1.807) is 6.20 Å². The monoisotopic (exact) mass is 534 g/mol. The zero-order chi connectivity index (χ0) is 22.8. The van der Waals surface area contributed by atoms with Crippen LogP contribution < -0.4 is 20.3 Å². The first-order chi connectivity index (χ1) is 16.0. The summed E-state index contributed by atoms with van der Waals surface area (Å²) in [4.78, 5) is 34.0. The van der Waals surface area contributed by atoms with E-state index in [-0.39, 0.29) is 24.0 Å². The molecule has 0 bridgehead atoms. The SMILES string of the molecule is O=C(N[C@@H](C[C@@H]1CCCO1)C(=O)NC1CC1)c1ccc(CN2CCOc3ncc(Br)cc32)s1. The first-order valence-electron chi connectivity index (χ1n) is 11.4. The van der Waals surface area contributed by atoms with Gasteiger partial charge in [0.05, 0.1) is 24.1 Å². The number of anilines is 1. The maximum atomic E-state index is 13.0. The van der Waals surface area contributed by atoms with Crippen molar-refractivity contribution in [3.05, 3.63) is 38.6 Å². The van der Waals surface area contributed by atoms with Gasteiger partial charge in [-0.25, -0.2) is 4.98 Å². The van der Waals surface area contributed by atoms with Crippen LogP contribution in [0.5, 0.6) is 5.88 Å². The van der Waals surface area contributed by atoms with Gasteiger partial charge in [0, 0.05) is 34.6 Å². The van der Waals surface area contributed by atoms with Crippen LogP contribution in [-0.4, -0.2) is 54.7 Å². The highest BCUT2D eigenvalue weighted by atomic mass is 79.9. The number of hydrogen-bond acceptors (Lipinski definition) is 7. The summed E-state index contributed by atoms with van der Waals surface area (Å²) in [6.45, 7) is 2.70. The van der Waals surface area contributed by atoms with Crippen molar-refractivity contribution in [3.63, 3.8) is 0 Å². The molecule has 5 rings (SSSR count). The van der Waals surface area contributed by atoms with Crippen LogP contribution in [0.2, 0.25) is 0 Å². The van der Waals surface area contributed by atoms with Crippen LogP contribution in [0.3, 0.4) is 0 Å². The van der Waals surface area contributed by atoms with Crippen molar-refractivity contribution in [3.8, 4) is 5.88 Å². The molecule has 176 valence electrons. The Kier molecular flexibility index (Phi) is 6.84. The van der Waals surface area contributed by atoms with E-state index >= 15 is 0 Å². The molecule has 2 N–H and O–H groups in total. The molecule has 0 spiro atoms. The standard InChI is InChI=1S/C23H27BrN4O4S/c24-14-10-19-23(25-12-14)32-9-7-28(19)13-17-5-6-20(33-17)22(30)27-18(11-16-2-1-8-31-16)21(29)26-15-3-4-15/h5-6,10,12,15-16,18H,1-4,7-9,11,13H2,(H,26,29)(H,27,30)/t16-,18-/m0/s1. The third kappa shape index (κ3) is 5.67. The van der Waals surface area contributed by atoms with Crippen molar-refractivity contribution in [2.45, 2.75) is 56.8 Å². The molecule has 2 fully saturated rings. The molecular weight excluding hydrogens is 508 g/mol. The molecule has 0 unspecified atom stereocenters. The number of fused-ring (bicyclic) bond motifs is 1. The number of ether oxygens (including phenoxy) is 2. The molecular formula is C23H27BrN4O4S. The highest BCUT2D eigenvalue weighted by molar-refractivity contribution is 9.10. The third-order valence-corrected chi connectivity index (χ3v) is 7.54.